The minimum atomic E-state index is -0.431. The summed E-state index contributed by atoms with van der Waals surface area (Å²) in [5.41, 5.74) is 6.38. The van der Waals surface area contributed by atoms with Crippen LogP contribution in [0.3, 0.4) is 0 Å². The number of anilines is 1. The molecule has 0 spiro atoms. The molecule has 5 heteroatoms. The van der Waals surface area contributed by atoms with Crippen LogP contribution in [0.2, 0.25) is 0 Å². The lowest BCUT2D eigenvalue weighted by Crippen LogP contribution is -2.35. The van der Waals surface area contributed by atoms with Crippen LogP contribution in [-0.2, 0) is 11.3 Å². The van der Waals surface area contributed by atoms with E-state index in [-0.39, 0.29) is 5.91 Å². The van der Waals surface area contributed by atoms with Crippen molar-refractivity contribution in [2.45, 2.75) is 39.3 Å². The number of aryl methyl sites for hydroxylation is 1. The molecule has 1 amide bonds. The molecular weight excluding hydrogens is 192 g/mol. The molecule has 0 saturated carbocycles. The summed E-state index contributed by atoms with van der Waals surface area (Å²) < 4.78 is 1.75. The smallest absolute Gasteiger partial charge is 0.241 e. The third-order valence-electron chi connectivity index (χ3n) is 2.16. The predicted octanol–water partition coefficient (Wildman–Crippen LogP) is 0.969. The first-order chi connectivity index (χ1) is 7.17. The van der Waals surface area contributed by atoms with E-state index in [2.05, 4.69) is 10.4 Å². The number of amides is 1. The molecule has 0 radical (unpaired) electrons. The lowest BCUT2D eigenvalue weighted by atomic mass is 10.2. The highest BCUT2D eigenvalue weighted by Crippen LogP contribution is 2.06. The first kappa shape index (κ1) is 11.7. The normalized spacial score (nSPS) is 12.5. The summed E-state index contributed by atoms with van der Waals surface area (Å²) in [4.78, 5) is 11.5. The molecule has 84 valence electrons. The monoisotopic (exact) mass is 210 g/mol. The summed E-state index contributed by atoms with van der Waals surface area (Å²) in [6.07, 6.45) is 5.02. The van der Waals surface area contributed by atoms with E-state index in [1.807, 2.05) is 13.8 Å². The Labute approximate surface area is 89.6 Å². The number of nitrogens with two attached hydrogens (primary N) is 1. The summed E-state index contributed by atoms with van der Waals surface area (Å²) in [6.45, 7) is 4.78. The zero-order chi connectivity index (χ0) is 11.3. The summed E-state index contributed by atoms with van der Waals surface area (Å²) in [7, 11) is 0. The van der Waals surface area contributed by atoms with Crippen molar-refractivity contribution in [3.05, 3.63) is 12.4 Å². The Kier molecular flexibility index (Phi) is 4.30. The van der Waals surface area contributed by atoms with Crippen molar-refractivity contribution in [2.24, 2.45) is 5.73 Å². The molecule has 15 heavy (non-hydrogen) atoms. The number of carbonyl (C=O) groups excluding carboxylic acids is 1. The zero-order valence-electron chi connectivity index (χ0n) is 9.23. The van der Waals surface area contributed by atoms with Gasteiger partial charge in [0.05, 0.1) is 17.9 Å². The number of nitrogens with zero attached hydrogens (tertiary/aromatic N) is 2. The Bertz CT molecular complexity index is 321. The van der Waals surface area contributed by atoms with Crippen LogP contribution in [0.5, 0.6) is 0 Å². The van der Waals surface area contributed by atoms with Gasteiger partial charge in [-0.2, -0.15) is 5.10 Å². The van der Waals surface area contributed by atoms with E-state index in [9.17, 15) is 4.79 Å². The number of aromatic nitrogens is 2. The molecule has 0 aromatic carbocycles. The number of carbonyl (C=O) groups is 1. The lowest BCUT2D eigenvalue weighted by Gasteiger charge is -2.09. The van der Waals surface area contributed by atoms with Gasteiger partial charge in [0, 0.05) is 12.7 Å². The molecule has 0 aliphatic heterocycles. The fourth-order valence-electron chi connectivity index (χ4n) is 1.28. The van der Waals surface area contributed by atoms with Crippen molar-refractivity contribution in [3.8, 4) is 0 Å². The maximum absolute atomic E-state index is 11.5. The number of nitrogens with one attached hydrogen (secondary N) is 1. The molecule has 1 aromatic heterocycles. The van der Waals surface area contributed by atoms with E-state index >= 15 is 0 Å². The average molecular weight is 210 g/mol. The summed E-state index contributed by atoms with van der Waals surface area (Å²) >= 11 is 0. The third kappa shape index (κ3) is 3.36. The Morgan fingerprint density at radius 1 is 1.67 bits per heavy atom. The van der Waals surface area contributed by atoms with Crippen molar-refractivity contribution < 1.29 is 4.79 Å². The van der Waals surface area contributed by atoms with Crippen LogP contribution in [0.15, 0.2) is 12.4 Å². The highest BCUT2D eigenvalue weighted by atomic mass is 16.2. The molecule has 1 unspecified atom stereocenters. The van der Waals surface area contributed by atoms with Crippen LogP contribution in [-0.4, -0.2) is 21.7 Å². The second-order valence-electron chi connectivity index (χ2n) is 3.47. The van der Waals surface area contributed by atoms with Crippen molar-refractivity contribution in [1.82, 2.24) is 9.78 Å². The lowest BCUT2D eigenvalue weighted by molar-refractivity contribution is -0.117. The Hall–Kier alpha value is -1.36. The zero-order valence-corrected chi connectivity index (χ0v) is 9.23. The highest BCUT2D eigenvalue weighted by molar-refractivity contribution is 5.94. The van der Waals surface area contributed by atoms with E-state index in [1.165, 1.54) is 0 Å². The predicted molar refractivity (Wildman–Crippen MR) is 59.4 cm³/mol. The Morgan fingerprint density at radius 2 is 2.40 bits per heavy atom. The molecule has 1 atom stereocenters. The first-order valence-electron chi connectivity index (χ1n) is 5.26. The van der Waals surface area contributed by atoms with Gasteiger partial charge in [0.15, 0.2) is 0 Å². The SMILES string of the molecule is CCCC(N)C(=O)Nc1cnn(CC)c1. The van der Waals surface area contributed by atoms with Crippen LogP contribution < -0.4 is 11.1 Å². The van der Waals surface area contributed by atoms with Crippen LogP contribution in [0.25, 0.3) is 0 Å². The second kappa shape index (κ2) is 5.50. The van der Waals surface area contributed by atoms with E-state index < -0.39 is 6.04 Å². The minimum absolute atomic E-state index is 0.146. The van der Waals surface area contributed by atoms with Gasteiger partial charge in [-0.15, -0.1) is 0 Å². The van der Waals surface area contributed by atoms with Gasteiger partial charge in [0.1, 0.15) is 0 Å². The van der Waals surface area contributed by atoms with Gasteiger partial charge < -0.3 is 11.1 Å². The molecule has 5 nitrogen and oxygen atoms in total. The molecule has 1 heterocycles. The van der Waals surface area contributed by atoms with E-state index in [0.29, 0.717) is 12.1 Å². The molecule has 1 rings (SSSR count). The quantitative estimate of drug-likeness (QED) is 0.760. The molecule has 1 aromatic rings. The minimum Gasteiger partial charge on any atom is -0.322 e. The Balaban J connectivity index is 2.50. The first-order valence-corrected chi connectivity index (χ1v) is 5.26. The van der Waals surface area contributed by atoms with E-state index in [1.54, 1.807) is 17.1 Å². The maximum Gasteiger partial charge on any atom is 0.241 e. The van der Waals surface area contributed by atoms with Crippen molar-refractivity contribution in [2.75, 3.05) is 5.32 Å². The Morgan fingerprint density at radius 3 is 2.93 bits per heavy atom. The van der Waals surface area contributed by atoms with E-state index in [0.717, 1.165) is 13.0 Å². The van der Waals surface area contributed by atoms with Gasteiger partial charge in [-0.3, -0.25) is 9.48 Å². The van der Waals surface area contributed by atoms with Crippen LogP contribution in [0.1, 0.15) is 26.7 Å². The molecule has 0 fully saturated rings. The summed E-state index contributed by atoms with van der Waals surface area (Å²) in [6, 6.07) is -0.431. The average Bonchev–Trinajstić information content (AvgIpc) is 2.66. The molecule has 0 bridgehead atoms. The largest absolute Gasteiger partial charge is 0.322 e. The second-order valence-corrected chi connectivity index (χ2v) is 3.47. The van der Waals surface area contributed by atoms with Gasteiger partial charge in [-0.1, -0.05) is 13.3 Å². The van der Waals surface area contributed by atoms with Gasteiger partial charge in [-0.25, -0.2) is 0 Å². The van der Waals surface area contributed by atoms with E-state index in [4.69, 9.17) is 5.73 Å². The van der Waals surface area contributed by atoms with Crippen molar-refractivity contribution in [1.29, 1.82) is 0 Å². The molecule has 0 aliphatic carbocycles. The molecule has 0 aliphatic rings. The standard InChI is InChI=1S/C10H18N4O/c1-3-5-9(11)10(15)13-8-6-12-14(4-2)7-8/h6-7,9H,3-5,11H2,1-2H3,(H,13,15). The van der Waals surface area contributed by atoms with Gasteiger partial charge >= 0.3 is 0 Å². The maximum atomic E-state index is 11.5. The number of hydrogen-bond acceptors (Lipinski definition) is 3. The van der Waals surface area contributed by atoms with Crippen LogP contribution >= 0.6 is 0 Å². The van der Waals surface area contributed by atoms with Crippen molar-refractivity contribution >= 4 is 11.6 Å². The highest BCUT2D eigenvalue weighted by Gasteiger charge is 2.12. The summed E-state index contributed by atoms with van der Waals surface area (Å²) in [5, 5.41) is 6.79. The number of hydrogen-bond donors (Lipinski definition) is 2. The van der Waals surface area contributed by atoms with Crippen molar-refractivity contribution in [3.63, 3.8) is 0 Å². The van der Waals surface area contributed by atoms with Crippen LogP contribution in [0.4, 0.5) is 5.69 Å². The molecular formula is C10H18N4O. The van der Waals surface area contributed by atoms with Gasteiger partial charge in [0.25, 0.3) is 0 Å². The fourth-order valence-corrected chi connectivity index (χ4v) is 1.28. The van der Waals surface area contributed by atoms with Crippen LogP contribution in [0, 0.1) is 0 Å². The molecule has 0 saturated heterocycles. The third-order valence-corrected chi connectivity index (χ3v) is 2.16. The van der Waals surface area contributed by atoms with Gasteiger partial charge in [-0.05, 0) is 13.3 Å². The fraction of sp³-hybridized carbons (Fsp3) is 0.600. The summed E-state index contributed by atoms with van der Waals surface area (Å²) in [5.74, 6) is -0.146. The number of rotatable bonds is 5. The van der Waals surface area contributed by atoms with Gasteiger partial charge in [0.2, 0.25) is 5.91 Å². The molecule has 3 N–H and O–H groups in total. The topological polar surface area (TPSA) is 72.9 Å².